The minimum absolute atomic E-state index is 0.118. The molecule has 0 aliphatic rings. The quantitative estimate of drug-likeness (QED) is 0.717. The Balaban J connectivity index is 1.65. The molecular weight excluding hydrogens is 340 g/mol. The molecule has 25 heavy (non-hydrogen) atoms. The van der Waals surface area contributed by atoms with E-state index in [1.807, 2.05) is 31.2 Å². The van der Waals surface area contributed by atoms with E-state index < -0.39 is 0 Å². The molecule has 3 rings (SSSR count). The van der Waals surface area contributed by atoms with Crippen LogP contribution in [0.1, 0.15) is 22.7 Å². The number of nitriles is 1. The van der Waals surface area contributed by atoms with Gasteiger partial charge in [0, 0.05) is 24.0 Å². The van der Waals surface area contributed by atoms with Gasteiger partial charge in [-0.25, -0.2) is 0 Å². The van der Waals surface area contributed by atoms with E-state index in [1.54, 1.807) is 24.5 Å². The van der Waals surface area contributed by atoms with Gasteiger partial charge in [0.15, 0.2) is 6.61 Å². The standard InChI is InChI=1S/C18H15ClN4O2/c1-12-8-14(2-3-15(12)19)24-11-17-23-16(9-20)18(25-17)22-10-13-4-6-21-7-5-13/h2-8,22H,10-11H2,1H3. The Morgan fingerprint density at radius 2 is 2.08 bits per heavy atom. The number of hydrogen-bond acceptors (Lipinski definition) is 6. The van der Waals surface area contributed by atoms with Gasteiger partial charge in [0.25, 0.3) is 0 Å². The van der Waals surface area contributed by atoms with E-state index >= 15 is 0 Å². The number of hydrogen-bond donors (Lipinski definition) is 1. The van der Waals surface area contributed by atoms with E-state index in [4.69, 9.17) is 20.8 Å². The average Bonchev–Trinajstić information content (AvgIpc) is 3.04. The predicted molar refractivity (Wildman–Crippen MR) is 93.3 cm³/mol. The molecule has 3 aromatic rings. The largest absolute Gasteiger partial charge is 0.484 e. The Hall–Kier alpha value is -3.04. The summed E-state index contributed by atoms with van der Waals surface area (Å²) in [7, 11) is 0. The second-order valence-electron chi connectivity index (χ2n) is 5.31. The molecule has 0 atom stereocenters. The highest BCUT2D eigenvalue weighted by Crippen LogP contribution is 2.23. The molecule has 126 valence electrons. The van der Waals surface area contributed by atoms with Gasteiger partial charge >= 0.3 is 0 Å². The number of oxazole rings is 1. The molecule has 0 aliphatic carbocycles. The highest BCUT2D eigenvalue weighted by Gasteiger charge is 2.13. The SMILES string of the molecule is Cc1cc(OCc2nc(C#N)c(NCc3ccncc3)o2)ccc1Cl. The van der Waals surface area contributed by atoms with Gasteiger partial charge in [0.05, 0.1) is 0 Å². The summed E-state index contributed by atoms with van der Waals surface area (Å²) in [5.74, 6) is 1.30. The number of pyridine rings is 1. The van der Waals surface area contributed by atoms with Crippen molar-refractivity contribution in [1.29, 1.82) is 5.26 Å². The van der Waals surface area contributed by atoms with Crippen LogP contribution in [0.2, 0.25) is 5.02 Å². The van der Waals surface area contributed by atoms with Gasteiger partial charge in [-0.1, -0.05) is 11.6 Å². The average molecular weight is 355 g/mol. The fourth-order valence-electron chi connectivity index (χ4n) is 2.16. The monoisotopic (exact) mass is 354 g/mol. The second kappa shape index (κ2) is 7.69. The molecule has 0 unspecified atom stereocenters. The Kier molecular flexibility index (Phi) is 5.17. The van der Waals surface area contributed by atoms with Gasteiger partial charge in [0.2, 0.25) is 17.5 Å². The summed E-state index contributed by atoms with van der Waals surface area (Å²) in [6.07, 6.45) is 3.41. The molecule has 0 spiro atoms. The molecule has 0 saturated carbocycles. The van der Waals surface area contributed by atoms with Crippen LogP contribution in [-0.2, 0) is 13.2 Å². The molecule has 0 radical (unpaired) electrons. The zero-order chi connectivity index (χ0) is 17.6. The summed E-state index contributed by atoms with van der Waals surface area (Å²) in [4.78, 5) is 8.10. The van der Waals surface area contributed by atoms with Crippen LogP contribution in [0.5, 0.6) is 5.75 Å². The summed E-state index contributed by atoms with van der Waals surface area (Å²) in [6.45, 7) is 2.52. The van der Waals surface area contributed by atoms with Gasteiger partial charge in [-0.3, -0.25) is 4.98 Å². The molecule has 7 heteroatoms. The van der Waals surface area contributed by atoms with E-state index in [0.717, 1.165) is 11.1 Å². The van der Waals surface area contributed by atoms with Crippen molar-refractivity contribution < 1.29 is 9.15 Å². The van der Waals surface area contributed by atoms with Crippen LogP contribution in [0.3, 0.4) is 0 Å². The number of aryl methyl sites for hydroxylation is 1. The van der Waals surface area contributed by atoms with Crippen molar-refractivity contribution in [3.05, 3.63) is 70.5 Å². The van der Waals surface area contributed by atoms with Crippen molar-refractivity contribution in [2.75, 3.05) is 5.32 Å². The number of nitrogens with one attached hydrogen (secondary N) is 1. The van der Waals surface area contributed by atoms with Gasteiger partial charge in [-0.15, -0.1) is 0 Å². The van der Waals surface area contributed by atoms with Crippen molar-refractivity contribution in [3.8, 4) is 11.8 Å². The lowest BCUT2D eigenvalue weighted by Crippen LogP contribution is -1.99. The van der Waals surface area contributed by atoms with E-state index in [2.05, 4.69) is 15.3 Å². The highest BCUT2D eigenvalue weighted by atomic mass is 35.5. The molecule has 0 fully saturated rings. The Bertz CT molecular complexity index is 903. The molecule has 0 bridgehead atoms. The zero-order valence-electron chi connectivity index (χ0n) is 13.5. The molecule has 0 aliphatic heterocycles. The van der Waals surface area contributed by atoms with Gasteiger partial charge in [-0.05, 0) is 48.4 Å². The Morgan fingerprint density at radius 1 is 1.28 bits per heavy atom. The maximum atomic E-state index is 9.20. The normalized spacial score (nSPS) is 10.3. The molecule has 0 amide bonds. The van der Waals surface area contributed by atoms with Crippen molar-refractivity contribution in [1.82, 2.24) is 9.97 Å². The number of nitrogens with zero attached hydrogens (tertiary/aromatic N) is 3. The third-order valence-electron chi connectivity index (χ3n) is 3.47. The Morgan fingerprint density at radius 3 is 2.80 bits per heavy atom. The smallest absolute Gasteiger partial charge is 0.236 e. The topological polar surface area (TPSA) is 84.0 Å². The van der Waals surface area contributed by atoms with Crippen molar-refractivity contribution in [3.63, 3.8) is 0 Å². The lowest BCUT2D eigenvalue weighted by atomic mass is 10.2. The highest BCUT2D eigenvalue weighted by molar-refractivity contribution is 6.31. The van der Waals surface area contributed by atoms with Crippen LogP contribution in [0, 0.1) is 18.3 Å². The van der Waals surface area contributed by atoms with E-state index in [0.29, 0.717) is 29.1 Å². The van der Waals surface area contributed by atoms with Crippen molar-refractivity contribution in [2.45, 2.75) is 20.1 Å². The molecule has 6 nitrogen and oxygen atoms in total. The molecule has 2 aromatic heterocycles. The van der Waals surface area contributed by atoms with Crippen LogP contribution in [0.4, 0.5) is 5.88 Å². The molecule has 1 aromatic carbocycles. The number of anilines is 1. The molecular formula is C18H15ClN4O2. The fourth-order valence-corrected chi connectivity index (χ4v) is 2.27. The fraction of sp³-hybridized carbons (Fsp3) is 0.167. The van der Waals surface area contributed by atoms with Crippen LogP contribution in [-0.4, -0.2) is 9.97 Å². The first-order chi connectivity index (χ1) is 12.2. The predicted octanol–water partition coefficient (Wildman–Crippen LogP) is 4.09. The first-order valence-corrected chi connectivity index (χ1v) is 7.95. The Labute approximate surface area is 150 Å². The van der Waals surface area contributed by atoms with Crippen molar-refractivity contribution in [2.24, 2.45) is 0 Å². The number of ether oxygens (including phenoxy) is 1. The third-order valence-corrected chi connectivity index (χ3v) is 3.90. The van der Waals surface area contributed by atoms with E-state index in [1.165, 1.54) is 0 Å². The number of halogens is 1. The minimum Gasteiger partial charge on any atom is -0.484 e. The number of aromatic nitrogens is 2. The van der Waals surface area contributed by atoms with E-state index in [-0.39, 0.29) is 12.3 Å². The van der Waals surface area contributed by atoms with Crippen LogP contribution >= 0.6 is 11.6 Å². The van der Waals surface area contributed by atoms with Gasteiger partial charge < -0.3 is 14.5 Å². The first-order valence-electron chi connectivity index (χ1n) is 7.57. The van der Waals surface area contributed by atoms with E-state index in [9.17, 15) is 5.26 Å². The third kappa shape index (κ3) is 4.28. The summed E-state index contributed by atoms with van der Waals surface area (Å²) < 4.78 is 11.2. The molecule has 0 saturated heterocycles. The first kappa shape index (κ1) is 16.8. The van der Waals surface area contributed by atoms with Crippen molar-refractivity contribution >= 4 is 17.5 Å². The summed E-state index contributed by atoms with van der Waals surface area (Å²) in [5.41, 5.74) is 2.13. The number of rotatable bonds is 6. The summed E-state index contributed by atoms with van der Waals surface area (Å²) in [6, 6.07) is 11.1. The van der Waals surface area contributed by atoms with Gasteiger partial charge in [-0.2, -0.15) is 10.2 Å². The summed E-state index contributed by atoms with van der Waals surface area (Å²) in [5, 5.41) is 12.9. The molecule has 2 heterocycles. The van der Waals surface area contributed by atoms with Gasteiger partial charge in [0.1, 0.15) is 11.8 Å². The lowest BCUT2D eigenvalue weighted by Gasteiger charge is -2.05. The zero-order valence-corrected chi connectivity index (χ0v) is 14.2. The van der Waals surface area contributed by atoms with Crippen LogP contribution in [0.15, 0.2) is 47.1 Å². The maximum Gasteiger partial charge on any atom is 0.236 e. The van der Waals surface area contributed by atoms with Crippen LogP contribution in [0.25, 0.3) is 0 Å². The minimum atomic E-state index is 0.118. The lowest BCUT2D eigenvalue weighted by molar-refractivity contribution is 0.264. The van der Waals surface area contributed by atoms with Crippen LogP contribution < -0.4 is 10.1 Å². The summed E-state index contributed by atoms with van der Waals surface area (Å²) >= 11 is 5.99. The maximum absolute atomic E-state index is 9.20. The second-order valence-corrected chi connectivity index (χ2v) is 5.71. The molecule has 1 N–H and O–H groups in total. The number of benzene rings is 1.